The number of fused-ring (bicyclic) bond motifs is 3. The molecule has 0 radical (unpaired) electrons. The molecular weight excluding hydrogens is 444 g/mol. The number of nitrogens with zero attached hydrogens (tertiary/aromatic N) is 1. The maximum atomic E-state index is 12.5. The number of hydrogen-bond donors (Lipinski definition) is 2. The second-order valence-electron chi connectivity index (χ2n) is 8.16. The average molecular weight is 471 g/mol. The predicted molar refractivity (Wildman–Crippen MR) is 134 cm³/mol. The first kappa shape index (κ1) is 23.8. The summed E-state index contributed by atoms with van der Waals surface area (Å²) in [6.07, 6.45) is 2.33. The molecule has 0 bridgehead atoms. The number of ether oxygens (including phenoxy) is 1. The molecule has 7 nitrogen and oxygen atoms in total. The Labute approximate surface area is 203 Å². The summed E-state index contributed by atoms with van der Waals surface area (Å²) in [5, 5.41) is 11.6. The summed E-state index contributed by atoms with van der Waals surface area (Å²) in [6, 6.07) is 23.2. The fraction of sp³-hybridized carbons (Fsp3) is 0.179. The van der Waals surface area contributed by atoms with E-state index in [4.69, 9.17) is 9.84 Å². The number of likely N-dealkylation sites (N-methyl/N-ethyl adjacent to an activating group) is 1. The zero-order valence-corrected chi connectivity index (χ0v) is 19.3. The fourth-order valence-electron chi connectivity index (χ4n) is 4.25. The minimum Gasteiger partial charge on any atom is -0.480 e. The summed E-state index contributed by atoms with van der Waals surface area (Å²) in [7, 11) is 0. The Morgan fingerprint density at radius 3 is 2.26 bits per heavy atom. The van der Waals surface area contributed by atoms with Crippen molar-refractivity contribution in [3.05, 3.63) is 95.6 Å². The minimum atomic E-state index is -1.07. The molecule has 178 valence electrons. The zero-order chi connectivity index (χ0) is 24.8. The van der Waals surface area contributed by atoms with Gasteiger partial charge in [-0.15, -0.1) is 0 Å². The van der Waals surface area contributed by atoms with E-state index in [-0.39, 0.29) is 19.1 Å². The molecule has 2 N–H and O–H groups in total. The van der Waals surface area contributed by atoms with Gasteiger partial charge >= 0.3 is 12.1 Å². The third-order valence-electron chi connectivity index (χ3n) is 5.91. The lowest BCUT2D eigenvalue weighted by Gasteiger charge is -2.16. The second kappa shape index (κ2) is 10.7. The Morgan fingerprint density at radius 2 is 1.63 bits per heavy atom. The van der Waals surface area contributed by atoms with Crippen LogP contribution in [0.15, 0.2) is 78.9 Å². The third kappa shape index (κ3) is 5.58. The molecule has 35 heavy (non-hydrogen) atoms. The van der Waals surface area contributed by atoms with Gasteiger partial charge in [-0.25, -0.2) is 4.79 Å². The van der Waals surface area contributed by atoms with Crippen LogP contribution in [0, 0.1) is 0 Å². The number of rotatable bonds is 8. The lowest BCUT2D eigenvalue weighted by molar-refractivity contribution is -0.142. The van der Waals surface area contributed by atoms with Crippen molar-refractivity contribution in [3.8, 4) is 11.1 Å². The standard InChI is InChI=1S/C28H26N2O5/c1-2-30(17-27(32)33)26(31)15-14-19-8-7-9-20(16-19)29-28(34)35-18-25-23-12-5-3-10-21(23)22-11-4-6-13-24(22)25/h3-16,25H,2,17-18H2,1H3,(H,29,34)(H,32,33)/b15-14+. The molecule has 0 saturated heterocycles. The number of carbonyl (C=O) groups excluding carboxylic acids is 2. The smallest absolute Gasteiger partial charge is 0.411 e. The van der Waals surface area contributed by atoms with E-state index in [1.807, 2.05) is 24.3 Å². The van der Waals surface area contributed by atoms with Crippen LogP contribution >= 0.6 is 0 Å². The first-order chi connectivity index (χ1) is 17.0. The number of nitrogens with one attached hydrogen (secondary N) is 1. The Balaban J connectivity index is 1.38. The van der Waals surface area contributed by atoms with E-state index in [1.165, 1.54) is 11.0 Å². The Hall–Kier alpha value is -4.39. The van der Waals surface area contributed by atoms with Gasteiger partial charge in [0.15, 0.2) is 0 Å². The molecule has 2 amide bonds. The summed E-state index contributed by atoms with van der Waals surface area (Å²) >= 11 is 0. The number of carbonyl (C=O) groups is 3. The van der Waals surface area contributed by atoms with Crippen LogP contribution in [0.4, 0.5) is 10.5 Å². The van der Waals surface area contributed by atoms with E-state index >= 15 is 0 Å². The van der Waals surface area contributed by atoms with Crippen LogP contribution in [0.2, 0.25) is 0 Å². The number of amides is 2. The number of hydrogen-bond acceptors (Lipinski definition) is 4. The van der Waals surface area contributed by atoms with Gasteiger partial charge in [-0.2, -0.15) is 0 Å². The maximum Gasteiger partial charge on any atom is 0.411 e. The van der Waals surface area contributed by atoms with Crippen LogP contribution in [-0.2, 0) is 14.3 Å². The van der Waals surface area contributed by atoms with Crippen molar-refractivity contribution in [2.45, 2.75) is 12.8 Å². The summed E-state index contributed by atoms with van der Waals surface area (Å²) in [4.78, 5) is 36.9. The SMILES string of the molecule is CCN(CC(=O)O)C(=O)/C=C/c1cccc(NC(=O)OCC2c3ccccc3-c3ccccc32)c1. The summed E-state index contributed by atoms with van der Waals surface area (Å²) in [5.41, 5.74) is 5.81. The van der Waals surface area contributed by atoms with E-state index in [1.54, 1.807) is 37.3 Å². The molecule has 0 aromatic heterocycles. The van der Waals surface area contributed by atoms with Crippen LogP contribution in [0.3, 0.4) is 0 Å². The Kier molecular flexibility index (Phi) is 7.26. The van der Waals surface area contributed by atoms with Crippen molar-refractivity contribution in [2.24, 2.45) is 0 Å². The summed E-state index contributed by atoms with van der Waals surface area (Å²) in [5.74, 6) is -1.49. The number of carboxylic acid groups (broad SMARTS) is 1. The average Bonchev–Trinajstić information content (AvgIpc) is 3.18. The molecule has 0 heterocycles. The van der Waals surface area contributed by atoms with Crippen molar-refractivity contribution in [1.29, 1.82) is 0 Å². The van der Waals surface area contributed by atoms with Crippen molar-refractivity contribution < 1.29 is 24.2 Å². The molecular formula is C28H26N2O5. The third-order valence-corrected chi connectivity index (χ3v) is 5.91. The van der Waals surface area contributed by atoms with Gasteiger partial charge in [-0.1, -0.05) is 60.7 Å². The number of benzene rings is 3. The highest BCUT2D eigenvalue weighted by Gasteiger charge is 2.29. The van der Waals surface area contributed by atoms with Gasteiger partial charge < -0.3 is 14.7 Å². The molecule has 0 saturated carbocycles. The van der Waals surface area contributed by atoms with E-state index in [2.05, 4.69) is 29.6 Å². The van der Waals surface area contributed by atoms with Crippen molar-refractivity contribution in [2.75, 3.05) is 25.0 Å². The zero-order valence-electron chi connectivity index (χ0n) is 19.3. The predicted octanol–water partition coefficient (Wildman–Crippen LogP) is 4.99. The van der Waals surface area contributed by atoms with Crippen LogP contribution < -0.4 is 5.32 Å². The number of carboxylic acids is 1. The van der Waals surface area contributed by atoms with Gasteiger partial charge in [0.05, 0.1) is 0 Å². The molecule has 0 fully saturated rings. The molecule has 3 aromatic rings. The largest absolute Gasteiger partial charge is 0.480 e. The van der Waals surface area contributed by atoms with E-state index < -0.39 is 18.0 Å². The number of anilines is 1. The molecule has 3 aromatic carbocycles. The molecule has 1 aliphatic carbocycles. The van der Waals surface area contributed by atoms with Gasteiger partial charge in [0, 0.05) is 24.2 Å². The van der Waals surface area contributed by atoms with Crippen LogP contribution in [-0.4, -0.2) is 47.7 Å². The van der Waals surface area contributed by atoms with Crippen LogP contribution in [0.1, 0.15) is 29.5 Å². The Bertz CT molecular complexity index is 1240. The van der Waals surface area contributed by atoms with Crippen molar-refractivity contribution in [1.82, 2.24) is 4.90 Å². The van der Waals surface area contributed by atoms with E-state index in [9.17, 15) is 14.4 Å². The van der Waals surface area contributed by atoms with E-state index in [0.717, 1.165) is 22.3 Å². The molecule has 0 aliphatic heterocycles. The molecule has 0 spiro atoms. The van der Waals surface area contributed by atoms with Crippen LogP contribution in [0.5, 0.6) is 0 Å². The van der Waals surface area contributed by atoms with Gasteiger partial charge in [0.25, 0.3) is 0 Å². The highest BCUT2D eigenvalue weighted by Crippen LogP contribution is 2.44. The maximum absolute atomic E-state index is 12.5. The topological polar surface area (TPSA) is 95.9 Å². The van der Waals surface area contributed by atoms with Gasteiger partial charge in [-0.3, -0.25) is 14.9 Å². The fourth-order valence-corrected chi connectivity index (χ4v) is 4.25. The normalized spacial score (nSPS) is 12.1. The first-order valence-corrected chi connectivity index (χ1v) is 11.4. The lowest BCUT2D eigenvalue weighted by atomic mass is 9.98. The molecule has 0 unspecified atom stereocenters. The van der Waals surface area contributed by atoms with Gasteiger partial charge in [-0.05, 0) is 52.9 Å². The molecule has 7 heteroatoms. The second-order valence-corrected chi connectivity index (χ2v) is 8.16. The van der Waals surface area contributed by atoms with Crippen molar-refractivity contribution >= 4 is 29.7 Å². The summed E-state index contributed by atoms with van der Waals surface area (Å²) in [6.45, 7) is 1.86. The highest BCUT2D eigenvalue weighted by atomic mass is 16.5. The Morgan fingerprint density at radius 1 is 0.971 bits per heavy atom. The minimum absolute atomic E-state index is 0.0271. The lowest BCUT2D eigenvalue weighted by Crippen LogP contribution is -2.34. The van der Waals surface area contributed by atoms with Crippen molar-refractivity contribution in [3.63, 3.8) is 0 Å². The molecule has 4 rings (SSSR count). The van der Waals surface area contributed by atoms with E-state index in [0.29, 0.717) is 17.8 Å². The summed E-state index contributed by atoms with van der Waals surface area (Å²) < 4.78 is 5.58. The molecule has 1 aliphatic rings. The highest BCUT2D eigenvalue weighted by molar-refractivity contribution is 5.94. The van der Waals surface area contributed by atoms with Gasteiger partial charge in [0.1, 0.15) is 13.2 Å². The monoisotopic (exact) mass is 470 g/mol. The van der Waals surface area contributed by atoms with Crippen LogP contribution in [0.25, 0.3) is 17.2 Å². The van der Waals surface area contributed by atoms with Gasteiger partial charge in [0.2, 0.25) is 5.91 Å². The first-order valence-electron chi connectivity index (χ1n) is 11.4. The quantitative estimate of drug-likeness (QED) is 0.452. The number of aliphatic carboxylic acids is 1. The molecule has 0 atom stereocenters.